The third-order valence-corrected chi connectivity index (χ3v) is 5.16. The number of benzene rings is 2. The Morgan fingerprint density at radius 3 is 2.44 bits per heavy atom. The SMILES string of the molecule is CCOC(=O)c1cc(-c2cccc(NC(=O)c3cc(C)nn3C)c2)n(-c2ccc(OC)cc2)n1. The van der Waals surface area contributed by atoms with Crippen LogP contribution in [0.1, 0.15) is 33.6 Å². The lowest BCUT2D eigenvalue weighted by molar-refractivity contribution is 0.0519. The highest BCUT2D eigenvalue weighted by Gasteiger charge is 2.19. The van der Waals surface area contributed by atoms with E-state index >= 15 is 0 Å². The fraction of sp³-hybridized carbons (Fsp3) is 0.200. The number of amides is 1. The monoisotopic (exact) mass is 459 g/mol. The third kappa shape index (κ3) is 4.68. The molecule has 0 aliphatic carbocycles. The van der Waals surface area contributed by atoms with E-state index in [1.807, 2.05) is 49.4 Å². The van der Waals surface area contributed by atoms with Gasteiger partial charge in [0.15, 0.2) is 5.69 Å². The number of hydrogen-bond acceptors (Lipinski definition) is 6. The van der Waals surface area contributed by atoms with Gasteiger partial charge in [-0.25, -0.2) is 9.48 Å². The number of ether oxygens (including phenoxy) is 2. The highest BCUT2D eigenvalue weighted by molar-refractivity contribution is 6.03. The maximum absolute atomic E-state index is 12.7. The Labute approximate surface area is 196 Å². The van der Waals surface area contributed by atoms with Crippen LogP contribution in [-0.4, -0.2) is 45.2 Å². The molecule has 0 atom stereocenters. The van der Waals surface area contributed by atoms with Crippen LogP contribution in [-0.2, 0) is 11.8 Å². The van der Waals surface area contributed by atoms with E-state index in [-0.39, 0.29) is 18.2 Å². The topological polar surface area (TPSA) is 100 Å². The molecular formula is C25H25N5O4. The van der Waals surface area contributed by atoms with E-state index in [9.17, 15) is 9.59 Å². The average Bonchev–Trinajstić information content (AvgIpc) is 3.43. The summed E-state index contributed by atoms with van der Waals surface area (Å²) in [7, 11) is 3.32. The largest absolute Gasteiger partial charge is 0.497 e. The lowest BCUT2D eigenvalue weighted by Crippen LogP contribution is -2.16. The normalized spacial score (nSPS) is 10.7. The van der Waals surface area contributed by atoms with Gasteiger partial charge >= 0.3 is 5.97 Å². The van der Waals surface area contributed by atoms with Crippen LogP contribution >= 0.6 is 0 Å². The van der Waals surface area contributed by atoms with E-state index in [0.29, 0.717) is 22.8 Å². The maximum Gasteiger partial charge on any atom is 0.358 e. The van der Waals surface area contributed by atoms with Gasteiger partial charge in [0.05, 0.1) is 30.8 Å². The molecule has 0 saturated heterocycles. The molecule has 0 aliphatic heterocycles. The summed E-state index contributed by atoms with van der Waals surface area (Å²) in [5.41, 5.74) is 4.17. The molecule has 9 heteroatoms. The van der Waals surface area contributed by atoms with E-state index in [2.05, 4.69) is 15.5 Å². The van der Waals surface area contributed by atoms with Gasteiger partial charge in [0.1, 0.15) is 11.4 Å². The number of esters is 1. The smallest absolute Gasteiger partial charge is 0.358 e. The van der Waals surface area contributed by atoms with Gasteiger partial charge in [-0.3, -0.25) is 9.48 Å². The lowest BCUT2D eigenvalue weighted by atomic mass is 10.1. The van der Waals surface area contributed by atoms with Gasteiger partial charge in [-0.2, -0.15) is 10.2 Å². The molecule has 0 unspecified atom stereocenters. The van der Waals surface area contributed by atoms with Gasteiger partial charge in [0.2, 0.25) is 0 Å². The van der Waals surface area contributed by atoms with Crippen LogP contribution in [0, 0.1) is 6.92 Å². The fourth-order valence-corrected chi connectivity index (χ4v) is 3.59. The minimum absolute atomic E-state index is 0.187. The van der Waals surface area contributed by atoms with Crippen molar-refractivity contribution in [3.05, 3.63) is 77.7 Å². The van der Waals surface area contributed by atoms with Crippen molar-refractivity contribution in [2.24, 2.45) is 7.05 Å². The molecule has 174 valence electrons. The quantitative estimate of drug-likeness (QED) is 0.419. The first-order valence-corrected chi connectivity index (χ1v) is 10.7. The van der Waals surface area contributed by atoms with Crippen LogP contribution in [0.5, 0.6) is 5.75 Å². The van der Waals surface area contributed by atoms with Crippen molar-refractivity contribution in [2.45, 2.75) is 13.8 Å². The molecule has 0 bridgehead atoms. The number of nitrogens with one attached hydrogen (secondary N) is 1. The summed E-state index contributed by atoms with van der Waals surface area (Å²) >= 11 is 0. The summed E-state index contributed by atoms with van der Waals surface area (Å²) < 4.78 is 13.6. The zero-order chi connectivity index (χ0) is 24.2. The Morgan fingerprint density at radius 1 is 1.03 bits per heavy atom. The molecule has 2 aromatic carbocycles. The van der Waals surface area contributed by atoms with Gasteiger partial charge in [-0.05, 0) is 62.4 Å². The average molecular weight is 460 g/mol. The van der Waals surface area contributed by atoms with Crippen LogP contribution < -0.4 is 10.1 Å². The molecule has 2 aromatic heterocycles. The Hall–Kier alpha value is -4.40. The molecule has 34 heavy (non-hydrogen) atoms. The van der Waals surface area contributed by atoms with E-state index in [0.717, 1.165) is 16.9 Å². The number of rotatable bonds is 7. The third-order valence-electron chi connectivity index (χ3n) is 5.16. The fourth-order valence-electron chi connectivity index (χ4n) is 3.59. The first kappa shape index (κ1) is 22.8. The van der Waals surface area contributed by atoms with Crippen LogP contribution in [0.3, 0.4) is 0 Å². The highest BCUT2D eigenvalue weighted by Crippen LogP contribution is 2.28. The number of carbonyl (C=O) groups is 2. The Morgan fingerprint density at radius 2 is 1.79 bits per heavy atom. The number of methoxy groups -OCH3 is 1. The second-order valence-electron chi connectivity index (χ2n) is 7.57. The van der Waals surface area contributed by atoms with E-state index in [4.69, 9.17) is 9.47 Å². The summed E-state index contributed by atoms with van der Waals surface area (Å²) in [5.74, 6) is -0.0682. The predicted octanol–water partition coefficient (Wildman–Crippen LogP) is 4.02. The Bertz CT molecular complexity index is 1340. The van der Waals surface area contributed by atoms with E-state index in [1.165, 1.54) is 0 Å². The predicted molar refractivity (Wildman–Crippen MR) is 127 cm³/mol. The number of aryl methyl sites for hydroxylation is 2. The molecule has 0 aliphatic rings. The van der Waals surface area contributed by atoms with Crippen LogP contribution in [0.2, 0.25) is 0 Å². The van der Waals surface area contributed by atoms with Gasteiger partial charge in [0, 0.05) is 18.3 Å². The summed E-state index contributed by atoms with van der Waals surface area (Å²) in [6.45, 7) is 3.83. The highest BCUT2D eigenvalue weighted by atomic mass is 16.5. The number of anilines is 1. The van der Waals surface area contributed by atoms with E-state index < -0.39 is 5.97 Å². The molecule has 1 N–H and O–H groups in total. The molecule has 0 radical (unpaired) electrons. The molecule has 0 spiro atoms. The molecule has 2 heterocycles. The van der Waals surface area contributed by atoms with Crippen molar-refractivity contribution in [2.75, 3.05) is 19.0 Å². The number of carbonyl (C=O) groups excluding carboxylic acids is 2. The van der Waals surface area contributed by atoms with Gasteiger partial charge in [-0.15, -0.1) is 0 Å². The molecule has 4 aromatic rings. The van der Waals surface area contributed by atoms with Crippen LogP contribution in [0.15, 0.2) is 60.7 Å². The van der Waals surface area contributed by atoms with Crippen molar-refractivity contribution < 1.29 is 19.1 Å². The summed E-state index contributed by atoms with van der Waals surface area (Å²) in [4.78, 5) is 25.1. The zero-order valence-corrected chi connectivity index (χ0v) is 19.4. The van der Waals surface area contributed by atoms with E-state index in [1.54, 1.807) is 48.6 Å². The number of aromatic nitrogens is 4. The van der Waals surface area contributed by atoms with Crippen molar-refractivity contribution in [1.82, 2.24) is 19.6 Å². The van der Waals surface area contributed by atoms with Crippen LogP contribution in [0.25, 0.3) is 16.9 Å². The molecule has 4 rings (SSSR count). The zero-order valence-electron chi connectivity index (χ0n) is 19.4. The molecule has 0 saturated carbocycles. The van der Waals surface area contributed by atoms with Crippen molar-refractivity contribution in [3.63, 3.8) is 0 Å². The molecule has 0 fully saturated rings. The van der Waals surface area contributed by atoms with Gasteiger partial charge in [-0.1, -0.05) is 12.1 Å². The number of nitrogens with zero attached hydrogens (tertiary/aromatic N) is 4. The molecule has 1 amide bonds. The second kappa shape index (κ2) is 9.62. The number of hydrogen-bond donors (Lipinski definition) is 1. The van der Waals surface area contributed by atoms with Crippen molar-refractivity contribution in [1.29, 1.82) is 0 Å². The standard InChI is InChI=1S/C25H25N5O4/c1-5-34-25(32)21-15-22(30(28-21)19-9-11-20(33-4)12-10-19)17-7-6-8-18(14-17)26-24(31)23-13-16(2)27-29(23)3/h6-15H,5H2,1-4H3,(H,26,31). The van der Waals surface area contributed by atoms with Gasteiger partial charge in [0.25, 0.3) is 5.91 Å². The Kier molecular flexibility index (Phi) is 6.44. The van der Waals surface area contributed by atoms with Gasteiger partial charge < -0.3 is 14.8 Å². The molecular weight excluding hydrogens is 434 g/mol. The van der Waals surface area contributed by atoms with Crippen molar-refractivity contribution in [3.8, 4) is 22.7 Å². The summed E-state index contributed by atoms with van der Waals surface area (Å²) in [6.07, 6.45) is 0. The summed E-state index contributed by atoms with van der Waals surface area (Å²) in [5, 5.41) is 11.6. The second-order valence-corrected chi connectivity index (χ2v) is 7.57. The maximum atomic E-state index is 12.7. The Balaban J connectivity index is 1.71. The minimum Gasteiger partial charge on any atom is -0.497 e. The van der Waals surface area contributed by atoms with Crippen LogP contribution in [0.4, 0.5) is 5.69 Å². The van der Waals surface area contributed by atoms with Crippen molar-refractivity contribution >= 4 is 17.6 Å². The lowest BCUT2D eigenvalue weighted by Gasteiger charge is -2.10. The minimum atomic E-state index is -0.507. The first-order chi connectivity index (χ1) is 16.4. The summed E-state index contributed by atoms with van der Waals surface area (Å²) in [6, 6.07) is 18.1. The molecule has 9 nitrogen and oxygen atoms in total. The first-order valence-electron chi connectivity index (χ1n) is 10.7.